The molecule has 1 aromatic heterocycles. The maximum absolute atomic E-state index is 5.04. The van der Waals surface area contributed by atoms with Crippen LogP contribution in [-0.4, -0.2) is 4.98 Å². The highest BCUT2D eigenvalue weighted by atomic mass is 79.9. The lowest BCUT2D eigenvalue weighted by atomic mass is 9.98. The van der Waals surface area contributed by atoms with Gasteiger partial charge < -0.3 is 0 Å². The van der Waals surface area contributed by atoms with Crippen LogP contribution < -0.4 is 0 Å². The summed E-state index contributed by atoms with van der Waals surface area (Å²) in [6, 6.07) is 42.2. The molecule has 31 heavy (non-hydrogen) atoms. The van der Waals surface area contributed by atoms with Crippen LogP contribution in [-0.2, 0) is 0 Å². The molecule has 148 valence electrons. The monoisotopic (exact) mass is 461 g/mol. The van der Waals surface area contributed by atoms with Crippen molar-refractivity contribution in [2.45, 2.75) is 0 Å². The number of benzene rings is 4. The maximum atomic E-state index is 5.04. The molecular formula is C29H20BrN. The van der Waals surface area contributed by atoms with Crippen LogP contribution >= 0.6 is 15.9 Å². The lowest BCUT2D eigenvalue weighted by Crippen LogP contribution is -1.91. The maximum Gasteiger partial charge on any atom is 0.0715 e. The molecule has 0 spiro atoms. The number of aromatic nitrogens is 1. The van der Waals surface area contributed by atoms with Crippen LogP contribution in [0.15, 0.2) is 126 Å². The van der Waals surface area contributed by atoms with Gasteiger partial charge in [0.1, 0.15) is 0 Å². The van der Waals surface area contributed by atoms with Crippen LogP contribution in [0.2, 0.25) is 0 Å². The fourth-order valence-corrected chi connectivity index (χ4v) is 4.16. The lowest BCUT2D eigenvalue weighted by molar-refractivity contribution is 1.32. The zero-order valence-corrected chi connectivity index (χ0v) is 18.5. The molecule has 0 fully saturated rings. The van der Waals surface area contributed by atoms with E-state index in [1.807, 2.05) is 18.2 Å². The molecule has 0 saturated carbocycles. The van der Waals surface area contributed by atoms with Crippen LogP contribution in [0.3, 0.4) is 0 Å². The van der Waals surface area contributed by atoms with E-state index in [-0.39, 0.29) is 0 Å². The average molecular weight is 462 g/mol. The first-order valence-corrected chi connectivity index (χ1v) is 11.0. The molecule has 2 heteroatoms. The molecule has 0 amide bonds. The van der Waals surface area contributed by atoms with Gasteiger partial charge in [-0.1, -0.05) is 107 Å². The summed E-state index contributed by atoms with van der Waals surface area (Å²) < 4.78 is 1.07. The fraction of sp³-hybridized carbons (Fsp3) is 0. The molecule has 0 aliphatic carbocycles. The van der Waals surface area contributed by atoms with Crippen molar-refractivity contribution < 1.29 is 0 Å². The molecule has 0 radical (unpaired) electrons. The summed E-state index contributed by atoms with van der Waals surface area (Å²) in [5, 5.41) is 0. The minimum atomic E-state index is 0.969. The highest BCUT2D eigenvalue weighted by Crippen LogP contribution is 2.32. The Morgan fingerprint density at radius 3 is 1.58 bits per heavy atom. The molecule has 0 bridgehead atoms. The summed E-state index contributed by atoms with van der Waals surface area (Å²) in [6.07, 6.45) is 0. The summed E-state index contributed by atoms with van der Waals surface area (Å²) in [5.41, 5.74) is 8.87. The van der Waals surface area contributed by atoms with Crippen molar-refractivity contribution in [2.24, 2.45) is 0 Å². The third-order valence-corrected chi connectivity index (χ3v) is 5.81. The predicted molar refractivity (Wildman–Crippen MR) is 134 cm³/mol. The van der Waals surface area contributed by atoms with Gasteiger partial charge in [0.25, 0.3) is 0 Å². The van der Waals surface area contributed by atoms with Gasteiger partial charge >= 0.3 is 0 Å². The number of rotatable bonds is 4. The van der Waals surface area contributed by atoms with Crippen LogP contribution in [0, 0.1) is 0 Å². The van der Waals surface area contributed by atoms with Gasteiger partial charge in [0.2, 0.25) is 0 Å². The van der Waals surface area contributed by atoms with Gasteiger partial charge in [-0.25, -0.2) is 4.98 Å². The van der Waals surface area contributed by atoms with Crippen molar-refractivity contribution >= 4 is 15.9 Å². The minimum Gasteiger partial charge on any atom is -0.248 e. The average Bonchev–Trinajstić information content (AvgIpc) is 2.85. The van der Waals surface area contributed by atoms with Crippen LogP contribution in [0.5, 0.6) is 0 Å². The highest BCUT2D eigenvalue weighted by molar-refractivity contribution is 9.10. The summed E-state index contributed by atoms with van der Waals surface area (Å²) in [7, 11) is 0. The Balaban J connectivity index is 1.66. The molecule has 1 nitrogen and oxygen atoms in total. The number of hydrogen-bond acceptors (Lipinski definition) is 1. The molecule has 0 unspecified atom stereocenters. The molecule has 0 saturated heterocycles. The standard InChI is InChI=1S/C29H20BrN/c30-27-16-8-14-24(18-27)23-13-7-15-25(17-23)29-20-26(21-9-3-1-4-10-21)19-28(31-29)22-11-5-2-6-12-22/h1-20H. The van der Waals surface area contributed by atoms with E-state index in [0.717, 1.165) is 32.6 Å². The van der Waals surface area contributed by atoms with E-state index >= 15 is 0 Å². The molecule has 0 N–H and O–H groups in total. The van der Waals surface area contributed by atoms with Gasteiger partial charge in [-0.15, -0.1) is 0 Å². The van der Waals surface area contributed by atoms with Gasteiger partial charge in [-0.2, -0.15) is 0 Å². The van der Waals surface area contributed by atoms with Gasteiger partial charge in [0, 0.05) is 15.6 Å². The first-order valence-electron chi connectivity index (χ1n) is 10.3. The fourth-order valence-electron chi connectivity index (χ4n) is 3.76. The molecular weight excluding hydrogens is 442 g/mol. The van der Waals surface area contributed by atoms with Crippen molar-refractivity contribution in [3.05, 3.63) is 126 Å². The van der Waals surface area contributed by atoms with Crippen molar-refractivity contribution in [2.75, 3.05) is 0 Å². The van der Waals surface area contributed by atoms with E-state index in [9.17, 15) is 0 Å². The van der Waals surface area contributed by atoms with Crippen LogP contribution in [0.1, 0.15) is 0 Å². The Morgan fingerprint density at radius 1 is 0.387 bits per heavy atom. The topological polar surface area (TPSA) is 12.9 Å². The Hall–Kier alpha value is -3.49. The number of halogens is 1. The second-order valence-electron chi connectivity index (χ2n) is 7.45. The number of nitrogens with zero attached hydrogens (tertiary/aromatic N) is 1. The van der Waals surface area contributed by atoms with Crippen LogP contribution in [0.4, 0.5) is 0 Å². The quantitative estimate of drug-likeness (QED) is 0.261. The van der Waals surface area contributed by atoms with E-state index < -0.39 is 0 Å². The zero-order chi connectivity index (χ0) is 21.0. The Bertz CT molecular complexity index is 1270. The smallest absolute Gasteiger partial charge is 0.0715 e. The van der Waals surface area contributed by atoms with Gasteiger partial charge in [0.05, 0.1) is 11.4 Å². The molecule has 0 aliphatic heterocycles. The first kappa shape index (κ1) is 19.5. The van der Waals surface area contributed by atoms with Gasteiger partial charge in [-0.05, 0) is 52.6 Å². The second kappa shape index (κ2) is 8.71. The third kappa shape index (κ3) is 4.35. The minimum absolute atomic E-state index is 0.969. The molecule has 0 atom stereocenters. The summed E-state index contributed by atoms with van der Waals surface area (Å²) in [6.45, 7) is 0. The Labute approximate surface area is 191 Å². The van der Waals surface area contributed by atoms with E-state index in [2.05, 4.69) is 119 Å². The lowest BCUT2D eigenvalue weighted by Gasteiger charge is -2.11. The molecule has 4 aromatic carbocycles. The molecule has 5 rings (SSSR count). The van der Waals surface area contributed by atoms with Gasteiger partial charge in [0.15, 0.2) is 0 Å². The Kier molecular flexibility index (Phi) is 5.47. The summed E-state index contributed by atoms with van der Waals surface area (Å²) >= 11 is 3.58. The molecule has 1 heterocycles. The molecule has 0 aliphatic rings. The SMILES string of the molecule is Brc1cccc(-c2cccc(-c3cc(-c4ccccc4)cc(-c4ccccc4)n3)c2)c1. The predicted octanol–water partition coefficient (Wildman–Crippen LogP) is 8.51. The first-order chi connectivity index (χ1) is 15.3. The van der Waals surface area contributed by atoms with Crippen molar-refractivity contribution in [1.29, 1.82) is 0 Å². The van der Waals surface area contributed by atoms with Crippen molar-refractivity contribution in [3.8, 4) is 44.8 Å². The number of pyridine rings is 1. The summed E-state index contributed by atoms with van der Waals surface area (Å²) in [4.78, 5) is 5.04. The number of hydrogen-bond donors (Lipinski definition) is 0. The Morgan fingerprint density at radius 2 is 0.903 bits per heavy atom. The van der Waals surface area contributed by atoms with Gasteiger partial charge in [-0.3, -0.25) is 0 Å². The summed E-state index contributed by atoms with van der Waals surface area (Å²) in [5.74, 6) is 0. The van der Waals surface area contributed by atoms with E-state index in [4.69, 9.17) is 4.98 Å². The van der Waals surface area contributed by atoms with E-state index in [1.54, 1.807) is 0 Å². The normalized spacial score (nSPS) is 10.7. The van der Waals surface area contributed by atoms with Crippen molar-refractivity contribution in [1.82, 2.24) is 4.98 Å². The highest BCUT2D eigenvalue weighted by Gasteiger charge is 2.10. The third-order valence-electron chi connectivity index (χ3n) is 5.32. The van der Waals surface area contributed by atoms with Crippen LogP contribution in [0.25, 0.3) is 44.8 Å². The largest absolute Gasteiger partial charge is 0.248 e. The van der Waals surface area contributed by atoms with Crippen molar-refractivity contribution in [3.63, 3.8) is 0 Å². The zero-order valence-electron chi connectivity index (χ0n) is 16.9. The van der Waals surface area contributed by atoms with E-state index in [1.165, 1.54) is 16.7 Å². The van der Waals surface area contributed by atoms with E-state index in [0.29, 0.717) is 0 Å². The molecule has 5 aromatic rings. The second-order valence-corrected chi connectivity index (χ2v) is 8.37.